The molecule has 0 aliphatic rings. The summed E-state index contributed by atoms with van der Waals surface area (Å²) in [6.07, 6.45) is 0. The summed E-state index contributed by atoms with van der Waals surface area (Å²) in [5.74, 6) is 1.52. The van der Waals surface area contributed by atoms with Crippen LogP contribution >= 0.6 is 0 Å². The van der Waals surface area contributed by atoms with E-state index in [1.54, 1.807) is 20.1 Å². The highest BCUT2D eigenvalue weighted by molar-refractivity contribution is 5.59. The smallest absolute Gasteiger partial charge is 0.274 e. The average Bonchev–Trinajstić information content (AvgIpc) is 2.53. The van der Waals surface area contributed by atoms with Gasteiger partial charge in [-0.3, -0.25) is 10.1 Å². The third-order valence-electron chi connectivity index (χ3n) is 3.25. The van der Waals surface area contributed by atoms with Crippen LogP contribution in [0.1, 0.15) is 5.56 Å². The summed E-state index contributed by atoms with van der Waals surface area (Å²) in [5, 5.41) is 14.0. The average molecular weight is 302 g/mol. The molecule has 0 unspecified atom stereocenters. The summed E-state index contributed by atoms with van der Waals surface area (Å²) in [6, 6.07) is 12.3. The molecule has 1 N–H and O–H groups in total. The van der Waals surface area contributed by atoms with Gasteiger partial charge in [0.15, 0.2) is 0 Å². The topological polar surface area (TPSA) is 73.6 Å². The maximum atomic E-state index is 10.9. The fraction of sp³-hybridized carbons (Fsp3) is 0.250. The second-order valence-electron chi connectivity index (χ2n) is 4.66. The van der Waals surface area contributed by atoms with Crippen molar-refractivity contribution in [2.75, 3.05) is 25.6 Å². The van der Waals surface area contributed by atoms with E-state index in [1.807, 2.05) is 30.3 Å². The zero-order chi connectivity index (χ0) is 15.9. The number of benzene rings is 2. The summed E-state index contributed by atoms with van der Waals surface area (Å²) < 4.78 is 10.7. The maximum absolute atomic E-state index is 10.9. The standard InChI is InChI=1S/C16H18N2O4/c1-12-15(4-3-5-16(12)18(19)20)17-10-11-22-14-8-6-13(21-2)7-9-14/h3-9,17H,10-11H2,1-2H3. The lowest BCUT2D eigenvalue weighted by Crippen LogP contribution is -2.12. The Bertz CT molecular complexity index is 641. The number of nitro groups is 1. The molecule has 6 heteroatoms. The van der Waals surface area contributed by atoms with Crippen LogP contribution in [-0.4, -0.2) is 25.2 Å². The molecule has 0 saturated carbocycles. The Hall–Kier alpha value is -2.76. The van der Waals surface area contributed by atoms with Gasteiger partial charge in [0.2, 0.25) is 0 Å². The predicted molar refractivity (Wildman–Crippen MR) is 84.8 cm³/mol. The first-order valence-corrected chi connectivity index (χ1v) is 6.86. The summed E-state index contributed by atoms with van der Waals surface area (Å²) in [6.45, 7) is 2.73. The Morgan fingerprint density at radius 3 is 2.45 bits per heavy atom. The third kappa shape index (κ3) is 3.88. The largest absolute Gasteiger partial charge is 0.497 e. The van der Waals surface area contributed by atoms with Gasteiger partial charge in [0, 0.05) is 23.9 Å². The Labute approximate surface area is 128 Å². The van der Waals surface area contributed by atoms with Crippen LogP contribution < -0.4 is 14.8 Å². The first kappa shape index (κ1) is 15.6. The number of methoxy groups -OCH3 is 1. The van der Waals surface area contributed by atoms with Crippen LogP contribution in [-0.2, 0) is 0 Å². The monoisotopic (exact) mass is 302 g/mol. The van der Waals surface area contributed by atoms with Gasteiger partial charge < -0.3 is 14.8 Å². The Morgan fingerprint density at radius 2 is 1.82 bits per heavy atom. The van der Waals surface area contributed by atoms with Crippen LogP contribution in [0.25, 0.3) is 0 Å². The fourth-order valence-electron chi connectivity index (χ4n) is 2.04. The first-order valence-electron chi connectivity index (χ1n) is 6.86. The Morgan fingerprint density at radius 1 is 1.14 bits per heavy atom. The molecule has 0 aromatic heterocycles. The van der Waals surface area contributed by atoms with Crippen molar-refractivity contribution >= 4 is 11.4 Å². The second-order valence-corrected chi connectivity index (χ2v) is 4.66. The highest BCUT2D eigenvalue weighted by Gasteiger charge is 2.12. The molecule has 116 valence electrons. The SMILES string of the molecule is COc1ccc(OCCNc2cccc([N+](=O)[O-])c2C)cc1. The Balaban J connectivity index is 1.86. The summed E-state index contributed by atoms with van der Waals surface area (Å²) in [7, 11) is 1.61. The van der Waals surface area contributed by atoms with Gasteiger partial charge in [-0.15, -0.1) is 0 Å². The first-order chi connectivity index (χ1) is 10.6. The van der Waals surface area contributed by atoms with Crippen molar-refractivity contribution in [1.29, 1.82) is 0 Å². The molecule has 0 aliphatic heterocycles. The molecular formula is C16H18N2O4. The number of nitrogens with one attached hydrogen (secondary N) is 1. The van der Waals surface area contributed by atoms with E-state index in [0.29, 0.717) is 18.7 Å². The van der Waals surface area contributed by atoms with Gasteiger partial charge in [-0.2, -0.15) is 0 Å². The van der Waals surface area contributed by atoms with Gasteiger partial charge in [0.1, 0.15) is 18.1 Å². The van der Waals surface area contributed by atoms with E-state index in [4.69, 9.17) is 9.47 Å². The number of hydrogen-bond donors (Lipinski definition) is 1. The number of nitrogens with zero attached hydrogens (tertiary/aromatic N) is 1. The second kappa shape index (κ2) is 7.31. The quantitative estimate of drug-likeness (QED) is 0.482. The minimum Gasteiger partial charge on any atom is -0.497 e. The van der Waals surface area contributed by atoms with Crippen LogP contribution in [0.5, 0.6) is 11.5 Å². The maximum Gasteiger partial charge on any atom is 0.274 e. The van der Waals surface area contributed by atoms with Crippen LogP contribution in [0.3, 0.4) is 0 Å². The molecule has 2 aromatic carbocycles. The normalized spacial score (nSPS) is 10.1. The van der Waals surface area contributed by atoms with Crippen molar-refractivity contribution in [3.8, 4) is 11.5 Å². The number of nitro benzene ring substituents is 1. The van der Waals surface area contributed by atoms with E-state index in [0.717, 1.165) is 17.2 Å². The predicted octanol–water partition coefficient (Wildman–Crippen LogP) is 3.40. The summed E-state index contributed by atoms with van der Waals surface area (Å²) in [4.78, 5) is 10.5. The molecule has 2 rings (SSSR count). The summed E-state index contributed by atoms with van der Waals surface area (Å²) >= 11 is 0. The van der Waals surface area contributed by atoms with E-state index in [2.05, 4.69) is 5.32 Å². The lowest BCUT2D eigenvalue weighted by atomic mass is 10.1. The van der Waals surface area contributed by atoms with E-state index in [-0.39, 0.29) is 10.6 Å². The highest BCUT2D eigenvalue weighted by atomic mass is 16.6. The van der Waals surface area contributed by atoms with E-state index >= 15 is 0 Å². The van der Waals surface area contributed by atoms with Crippen molar-refractivity contribution in [3.63, 3.8) is 0 Å². The third-order valence-corrected chi connectivity index (χ3v) is 3.25. The molecule has 0 fully saturated rings. The van der Waals surface area contributed by atoms with Gasteiger partial charge in [0.05, 0.1) is 12.0 Å². The molecule has 0 radical (unpaired) electrons. The van der Waals surface area contributed by atoms with E-state index < -0.39 is 0 Å². The minimum absolute atomic E-state index is 0.112. The number of ether oxygens (including phenoxy) is 2. The number of rotatable bonds is 7. The molecule has 2 aromatic rings. The molecule has 6 nitrogen and oxygen atoms in total. The van der Waals surface area contributed by atoms with Crippen LogP contribution in [0.15, 0.2) is 42.5 Å². The Kier molecular flexibility index (Phi) is 5.19. The van der Waals surface area contributed by atoms with Crippen molar-refractivity contribution in [2.24, 2.45) is 0 Å². The molecule has 0 atom stereocenters. The summed E-state index contributed by atoms with van der Waals surface area (Å²) in [5.41, 5.74) is 1.48. The van der Waals surface area contributed by atoms with Gasteiger partial charge in [-0.1, -0.05) is 6.07 Å². The van der Waals surface area contributed by atoms with Crippen molar-refractivity contribution in [2.45, 2.75) is 6.92 Å². The van der Waals surface area contributed by atoms with Crippen LogP contribution in [0.4, 0.5) is 11.4 Å². The molecule has 0 heterocycles. The highest BCUT2D eigenvalue weighted by Crippen LogP contribution is 2.24. The lowest BCUT2D eigenvalue weighted by Gasteiger charge is -2.11. The molecule has 0 bridgehead atoms. The van der Waals surface area contributed by atoms with Crippen molar-refractivity contribution < 1.29 is 14.4 Å². The van der Waals surface area contributed by atoms with Gasteiger partial charge in [-0.05, 0) is 37.3 Å². The van der Waals surface area contributed by atoms with Gasteiger partial charge in [0.25, 0.3) is 5.69 Å². The van der Waals surface area contributed by atoms with Crippen molar-refractivity contribution in [3.05, 3.63) is 58.1 Å². The zero-order valence-corrected chi connectivity index (χ0v) is 12.5. The zero-order valence-electron chi connectivity index (χ0n) is 12.5. The lowest BCUT2D eigenvalue weighted by molar-refractivity contribution is -0.385. The van der Waals surface area contributed by atoms with Crippen LogP contribution in [0.2, 0.25) is 0 Å². The molecule has 0 aliphatic carbocycles. The van der Waals surface area contributed by atoms with Gasteiger partial charge >= 0.3 is 0 Å². The van der Waals surface area contributed by atoms with Gasteiger partial charge in [-0.25, -0.2) is 0 Å². The fourth-order valence-corrected chi connectivity index (χ4v) is 2.04. The van der Waals surface area contributed by atoms with E-state index in [1.165, 1.54) is 6.07 Å². The molecular weight excluding hydrogens is 284 g/mol. The molecule has 0 saturated heterocycles. The number of hydrogen-bond acceptors (Lipinski definition) is 5. The number of anilines is 1. The minimum atomic E-state index is -0.381. The molecule has 22 heavy (non-hydrogen) atoms. The van der Waals surface area contributed by atoms with E-state index in [9.17, 15) is 10.1 Å². The molecule has 0 amide bonds. The van der Waals surface area contributed by atoms with Crippen molar-refractivity contribution in [1.82, 2.24) is 0 Å². The molecule has 0 spiro atoms. The van der Waals surface area contributed by atoms with Crippen LogP contribution in [0, 0.1) is 17.0 Å².